The third-order valence-electron chi connectivity index (χ3n) is 5.46. The molecule has 2 aromatic rings. The van der Waals surface area contributed by atoms with Crippen LogP contribution in [0.25, 0.3) is 10.9 Å². The number of rotatable bonds is 5. The van der Waals surface area contributed by atoms with Gasteiger partial charge in [0, 0.05) is 43.8 Å². The molecule has 1 aromatic carbocycles. The molecule has 30 heavy (non-hydrogen) atoms. The van der Waals surface area contributed by atoms with Gasteiger partial charge >= 0.3 is 6.09 Å². The zero-order chi connectivity index (χ0) is 21.4. The average Bonchev–Trinajstić information content (AvgIpc) is 3.57. The highest BCUT2D eigenvalue weighted by Crippen LogP contribution is 2.38. The lowest BCUT2D eigenvalue weighted by Gasteiger charge is -2.35. The smallest absolute Gasteiger partial charge is 0.410 e. The van der Waals surface area contributed by atoms with E-state index in [1.54, 1.807) is 11.0 Å². The number of piperazine rings is 1. The van der Waals surface area contributed by atoms with Gasteiger partial charge in [-0.1, -0.05) is 12.7 Å². The van der Waals surface area contributed by atoms with Crippen LogP contribution in [0.2, 0.25) is 0 Å². The first kappa shape index (κ1) is 20.4. The summed E-state index contributed by atoms with van der Waals surface area (Å²) < 4.78 is 21.9. The molecule has 7 nitrogen and oxygen atoms in total. The molecule has 1 aliphatic heterocycles. The van der Waals surface area contributed by atoms with Crippen molar-refractivity contribution in [2.75, 3.05) is 37.7 Å². The lowest BCUT2D eigenvalue weighted by molar-refractivity contribution is 0.107. The number of carbonyl (C=O) groups excluding carboxylic acids is 2. The molecular formula is C21H21ClFN3O4. The van der Waals surface area contributed by atoms with Crippen molar-refractivity contribution in [3.63, 3.8) is 0 Å². The van der Waals surface area contributed by atoms with E-state index in [0.29, 0.717) is 37.4 Å². The zero-order valence-electron chi connectivity index (χ0n) is 16.3. The normalized spacial score (nSPS) is 16.6. The molecule has 1 amide bonds. The van der Waals surface area contributed by atoms with Gasteiger partial charge < -0.3 is 19.1 Å². The Kier molecular flexibility index (Phi) is 5.51. The summed E-state index contributed by atoms with van der Waals surface area (Å²) in [6.07, 6.45) is 4.40. The maximum absolute atomic E-state index is 15.0. The van der Waals surface area contributed by atoms with Gasteiger partial charge in [-0.2, -0.15) is 0 Å². The molecule has 0 unspecified atom stereocenters. The molecule has 9 heteroatoms. The molecule has 158 valence electrons. The number of nitrogens with zero attached hydrogens (tertiary/aromatic N) is 3. The molecule has 0 bridgehead atoms. The summed E-state index contributed by atoms with van der Waals surface area (Å²) in [7, 11) is 0. The number of benzene rings is 1. The molecule has 1 aliphatic carbocycles. The lowest BCUT2D eigenvalue weighted by atomic mass is 10.1. The summed E-state index contributed by atoms with van der Waals surface area (Å²) in [6.45, 7) is 5.29. The van der Waals surface area contributed by atoms with Crippen LogP contribution in [-0.4, -0.2) is 53.6 Å². The van der Waals surface area contributed by atoms with Crippen LogP contribution in [0.1, 0.15) is 29.2 Å². The fraction of sp³-hybridized carbons (Fsp3) is 0.381. The Morgan fingerprint density at radius 1 is 1.23 bits per heavy atom. The van der Waals surface area contributed by atoms with Gasteiger partial charge in [-0.05, 0) is 36.6 Å². The van der Waals surface area contributed by atoms with Gasteiger partial charge in [0.2, 0.25) is 5.43 Å². The number of anilines is 1. The van der Waals surface area contributed by atoms with E-state index < -0.39 is 22.6 Å². The number of hydrogen-bond donors (Lipinski definition) is 0. The van der Waals surface area contributed by atoms with Crippen LogP contribution in [0, 0.1) is 5.82 Å². The van der Waals surface area contributed by atoms with E-state index in [0.717, 1.165) is 12.8 Å². The molecule has 1 saturated carbocycles. The minimum atomic E-state index is -0.847. The molecule has 0 N–H and O–H groups in total. The largest absolute Gasteiger partial charge is 0.445 e. The highest BCUT2D eigenvalue weighted by atomic mass is 35.5. The zero-order valence-corrected chi connectivity index (χ0v) is 17.0. The van der Waals surface area contributed by atoms with Gasteiger partial charge in [-0.15, -0.1) is 0 Å². The number of aromatic nitrogens is 1. The molecule has 1 saturated heterocycles. The third kappa shape index (κ3) is 3.79. The molecule has 1 aromatic heterocycles. The van der Waals surface area contributed by atoms with Crippen LogP contribution in [-0.2, 0) is 4.74 Å². The van der Waals surface area contributed by atoms with Crippen molar-refractivity contribution in [2.24, 2.45) is 0 Å². The highest BCUT2D eigenvalue weighted by molar-refractivity contribution is 6.67. The fourth-order valence-electron chi connectivity index (χ4n) is 3.75. The summed E-state index contributed by atoms with van der Waals surface area (Å²) in [6, 6.07) is 3.00. The van der Waals surface area contributed by atoms with Gasteiger partial charge in [-0.25, -0.2) is 9.18 Å². The SMILES string of the molecule is C=CCOC(=O)N1CCN(c2cc3c(cc2F)c(=O)c(C(=O)Cl)cn3C2CC2)CC1. The monoisotopic (exact) mass is 433 g/mol. The number of pyridine rings is 1. The number of ether oxygens (including phenoxy) is 1. The number of amides is 1. The Hall–Kier alpha value is -2.87. The van der Waals surface area contributed by atoms with Crippen molar-refractivity contribution in [1.29, 1.82) is 0 Å². The standard InChI is InChI=1S/C21H21ClFN3O4/c1-2-9-30-21(29)25-7-5-24(6-8-25)18-11-17-14(10-16(18)23)19(27)15(20(22)28)12-26(17)13-3-4-13/h2,10-13H,1,3-9H2. The van der Waals surface area contributed by atoms with Crippen LogP contribution in [0.5, 0.6) is 0 Å². The van der Waals surface area contributed by atoms with Crippen LogP contribution in [0.3, 0.4) is 0 Å². The Bertz CT molecular complexity index is 1090. The number of halogens is 2. The number of fused-ring (bicyclic) bond motifs is 1. The second-order valence-electron chi connectivity index (χ2n) is 7.44. The van der Waals surface area contributed by atoms with Crippen molar-refractivity contribution in [3.8, 4) is 0 Å². The maximum Gasteiger partial charge on any atom is 0.410 e. The second kappa shape index (κ2) is 8.10. The van der Waals surface area contributed by atoms with Gasteiger partial charge in [0.15, 0.2) is 0 Å². The minimum absolute atomic E-state index is 0.140. The van der Waals surface area contributed by atoms with Gasteiger partial charge in [-0.3, -0.25) is 9.59 Å². The van der Waals surface area contributed by atoms with E-state index in [1.165, 1.54) is 18.3 Å². The predicted molar refractivity (Wildman–Crippen MR) is 112 cm³/mol. The van der Waals surface area contributed by atoms with E-state index in [4.69, 9.17) is 16.3 Å². The summed E-state index contributed by atoms with van der Waals surface area (Å²) in [5, 5.41) is -0.707. The molecule has 2 fully saturated rings. The third-order valence-corrected chi connectivity index (χ3v) is 5.66. The minimum Gasteiger partial charge on any atom is -0.445 e. The lowest BCUT2D eigenvalue weighted by Crippen LogP contribution is -2.49. The van der Waals surface area contributed by atoms with Crippen LogP contribution < -0.4 is 10.3 Å². The molecule has 0 atom stereocenters. The predicted octanol–water partition coefficient (Wildman–Crippen LogP) is 3.30. The first-order valence-electron chi connectivity index (χ1n) is 9.76. The van der Waals surface area contributed by atoms with Crippen molar-refractivity contribution in [2.45, 2.75) is 18.9 Å². The van der Waals surface area contributed by atoms with Crippen LogP contribution >= 0.6 is 11.6 Å². The van der Waals surface area contributed by atoms with E-state index in [2.05, 4.69) is 6.58 Å². The van der Waals surface area contributed by atoms with E-state index in [-0.39, 0.29) is 23.6 Å². The molecule has 0 radical (unpaired) electrons. The summed E-state index contributed by atoms with van der Waals surface area (Å²) in [5.41, 5.74) is 0.228. The molecule has 0 spiro atoms. The maximum atomic E-state index is 15.0. The second-order valence-corrected chi connectivity index (χ2v) is 7.79. The Balaban J connectivity index is 1.65. The van der Waals surface area contributed by atoms with Crippen molar-refractivity contribution in [3.05, 3.63) is 52.6 Å². The van der Waals surface area contributed by atoms with Crippen LogP contribution in [0.15, 0.2) is 35.8 Å². The molecule has 2 heterocycles. The van der Waals surface area contributed by atoms with E-state index >= 15 is 0 Å². The van der Waals surface area contributed by atoms with Crippen molar-refractivity contribution in [1.82, 2.24) is 9.47 Å². The number of carbonyl (C=O) groups is 2. The van der Waals surface area contributed by atoms with Gasteiger partial charge in [0.1, 0.15) is 12.4 Å². The Morgan fingerprint density at radius 3 is 2.53 bits per heavy atom. The summed E-state index contributed by atoms with van der Waals surface area (Å²) in [4.78, 5) is 39.7. The van der Waals surface area contributed by atoms with Gasteiger partial charge in [0.05, 0.1) is 16.8 Å². The first-order chi connectivity index (χ1) is 14.4. The first-order valence-corrected chi connectivity index (χ1v) is 10.1. The Morgan fingerprint density at radius 2 is 1.93 bits per heavy atom. The molecular weight excluding hydrogens is 413 g/mol. The average molecular weight is 434 g/mol. The Labute approximate surface area is 177 Å². The quantitative estimate of drug-likeness (QED) is 0.534. The van der Waals surface area contributed by atoms with Crippen molar-refractivity contribution >= 4 is 39.5 Å². The topological polar surface area (TPSA) is 71.8 Å². The number of hydrogen-bond acceptors (Lipinski definition) is 5. The molecule has 4 rings (SSSR count). The molecule has 2 aliphatic rings. The van der Waals surface area contributed by atoms with E-state index in [1.807, 2.05) is 9.47 Å². The summed E-state index contributed by atoms with van der Waals surface area (Å²) in [5.74, 6) is -0.552. The summed E-state index contributed by atoms with van der Waals surface area (Å²) >= 11 is 5.57. The van der Waals surface area contributed by atoms with E-state index in [9.17, 15) is 18.8 Å². The fourth-order valence-corrected chi connectivity index (χ4v) is 3.88. The van der Waals surface area contributed by atoms with Crippen LogP contribution in [0.4, 0.5) is 14.9 Å². The van der Waals surface area contributed by atoms with Crippen molar-refractivity contribution < 1.29 is 18.7 Å². The van der Waals surface area contributed by atoms with Gasteiger partial charge in [0.25, 0.3) is 5.24 Å². The highest BCUT2D eigenvalue weighted by Gasteiger charge is 2.29.